The van der Waals surface area contributed by atoms with Crippen molar-refractivity contribution in [1.29, 1.82) is 0 Å². The summed E-state index contributed by atoms with van der Waals surface area (Å²) in [4.78, 5) is -0.156. The van der Waals surface area contributed by atoms with Crippen LogP contribution in [0.2, 0.25) is 0 Å². The maximum absolute atomic E-state index is 11.8. The van der Waals surface area contributed by atoms with Gasteiger partial charge < -0.3 is 4.74 Å². The molecule has 0 aromatic heterocycles. The van der Waals surface area contributed by atoms with Crippen molar-refractivity contribution in [3.63, 3.8) is 0 Å². The first-order valence-corrected chi connectivity index (χ1v) is 9.05. The predicted octanol–water partition coefficient (Wildman–Crippen LogP) is 0.501. The van der Waals surface area contributed by atoms with E-state index in [1.165, 1.54) is 18.2 Å². The van der Waals surface area contributed by atoms with E-state index >= 15 is 0 Å². The van der Waals surface area contributed by atoms with Crippen molar-refractivity contribution in [3.05, 3.63) is 24.3 Å². The third-order valence-electron chi connectivity index (χ3n) is 2.24. The molecule has 0 heterocycles. The largest absolute Gasteiger partial charge is 0.378 e. The minimum Gasteiger partial charge on any atom is -0.378 e. The predicted molar refractivity (Wildman–Crippen MR) is 76.3 cm³/mol. The molecule has 1 aromatic rings. The number of primary sulfonamides is 1. The number of nitrogens with one attached hydrogen (secondary N) is 1. The van der Waals surface area contributed by atoms with E-state index < -0.39 is 20.0 Å². The number of anilines is 1. The molecule has 1 aromatic carbocycles. The van der Waals surface area contributed by atoms with Crippen LogP contribution in [0.5, 0.6) is 0 Å². The van der Waals surface area contributed by atoms with Crippen LogP contribution in [0.25, 0.3) is 0 Å². The van der Waals surface area contributed by atoms with Crippen molar-refractivity contribution in [2.24, 2.45) is 5.14 Å². The summed E-state index contributed by atoms with van der Waals surface area (Å²) < 4.78 is 53.3. The van der Waals surface area contributed by atoms with Crippen LogP contribution >= 0.6 is 0 Å². The Labute approximate surface area is 119 Å². The van der Waals surface area contributed by atoms with Crippen LogP contribution < -0.4 is 9.86 Å². The van der Waals surface area contributed by atoms with Crippen LogP contribution in [-0.4, -0.2) is 35.3 Å². The lowest BCUT2D eigenvalue weighted by Crippen LogP contribution is -2.22. The van der Waals surface area contributed by atoms with Crippen LogP contribution in [0, 0.1) is 0 Å². The molecule has 0 aliphatic carbocycles. The van der Waals surface area contributed by atoms with Gasteiger partial charge in [-0.3, -0.25) is 4.72 Å². The zero-order valence-corrected chi connectivity index (χ0v) is 12.9. The molecule has 0 radical (unpaired) electrons. The van der Waals surface area contributed by atoms with Crippen molar-refractivity contribution in [3.8, 4) is 0 Å². The molecule has 0 unspecified atom stereocenters. The van der Waals surface area contributed by atoms with Crippen LogP contribution in [0.3, 0.4) is 0 Å². The Hall–Kier alpha value is -1.16. The topological polar surface area (TPSA) is 116 Å². The van der Waals surface area contributed by atoms with Crippen molar-refractivity contribution >= 4 is 25.7 Å². The molecule has 9 heteroatoms. The highest BCUT2D eigenvalue weighted by molar-refractivity contribution is 7.92. The number of hydrogen-bond acceptors (Lipinski definition) is 5. The molecule has 20 heavy (non-hydrogen) atoms. The average molecular weight is 322 g/mol. The monoisotopic (exact) mass is 322 g/mol. The third-order valence-corrected chi connectivity index (χ3v) is 4.40. The van der Waals surface area contributed by atoms with Crippen LogP contribution in [0.15, 0.2) is 29.2 Å². The van der Waals surface area contributed by atoms with Gasteiger partial charge in [-0.25, -0.2) is 22.0 Å². The maximum atomic E-state index is 11.8. The van der Waals surface area contributed by atoms with Gasteiger partial charge in [0, 0.05) is 5.69 Å². The van der Waals surface area contributed by atoms with Gasteiger partial charge in [-0.15, -0.1) is 0 Å². The summed E-state index contributed by atoms with van der Waals surface area (Å²) in [7, 11) is -7.47. The van der Waals surface area contributed by atoms with Gasteiger partial charge in [0.25, 0.3) is 0 Å². The SMILES string of the molecule is CC(C)OCCS(=O)(=O)Nc1cccc(S(N)(=O)=O)c1. The highest BCUT2D eigenvalue weighted by atomic mass is 32.2. The van der Waals surface area contributed by atoms with Gasteiger partial charge in [0.05, 0.1) is 23.4 Å². The fourth-order valence-corrected chi connectivity index (χ4v) is 2.82. The summed E-state index contributed by atoms with van der Waals surface area (Å²) in [5.41, 5.74) is 0.140. The number of rotatable bonds is 7. The van der Waals surface area contributed by atoms with Gasteiger partial charge in [0.15, 0.2) is 0 Å². The second-order valence-electron chi connectivity index (χ2n) is 4.41. The van der Waals surface area contributed by atoms with E-state index in [9.17, 15) is 16.8 Å². The number of nitrogens with two attached hydrogens (primary N) is 1. The molecule has 0 amide bonds. The van der Waals surface area contributed by atoms with E-state index in [-0.39, 0.29) is 29.0 Å². The minimum atomic E-state index is -3.87. The molecule has 0 fully saturated rings. The van der Waals surface area contributed by atoms with E-state index in [1.807, 2.05) is 0 Å². The third kappa shape index (κ3) is 5.87. The second kappa shape index (κ2) is 6.53. The second-order valence-corrected chi connectivity index (χ2v) is 7.82. The minimum absolute atomic E-state index is 0.0574. The van der Waals surface area contributed by atoms with Crippen molar-refractivity contribution < 1.29 is 21.6 Å². The molecule has 114 valence electrons. The van der Waals surface area contributed by atoms with Crippen molar-refractivity contribution in [2.45, 2.75) is 24.8 Å². The molecule has 0 spiro atoms. The molecule has 0 aliphatic heterocycles. The normalized spacial score (nSPS) is 12.6. The standard InChI is InChI=1S/C11H18N2O5S2/c1-9(2)18-6-7-19(14,15)13-10-4-3-5-11(8-10)20(12,16)17/h3-5,8-9,13H,6-7H2,1-2H3,(H2,12,16,17). The van der Waals surface area contributed by atoms with Crippen LogP contribution in [-0.2, 0) is 24.8 Å². The molecular weight excluding hydrogens is 304 g/mol. The summed E-state index contributed by atoms with van der Waals surface area (Å²) in [6.45, 7) is 3.66. The van der Waals surface area contributed by atoms with Gasteiger partial charge in [-0.1, -0.05) is 6.07 Å². The first kappa shape index (κ1) is 16.9. The number of sulfonamides is 2. The highest BCUT2D eigenvalue weighted by Gasteiger charge is 2.13. The van der Waals surface area contributed by atoms with E-state index in [1.54, 1.807) is 13.8 Å². The zero-order chi connectivity index (χ0) is 15.4. The number of benzene rings is 1. The Morgan fingerprint density at radius 3 is 2.45 bits per heavy atom. The zero-order valence-electron chi connectivity index (χ0n) is 11.2. The summed E-state index contributed by atoms with van der Waals surface area (Å²) in [5.74, 6) is -0.217. The van der Waals surface area contributed by atoms with Gasteiger partial charge >= 0.3 is 0 Å². The summed E-state index contributed by atoms with van der Waals surface area (Å²) in [6, 6.07) is 5.29. The first-order valence-electron chi connectivity index (χ1n) is 5.85. The summed E-state index contributed by atoms with van der Waals surface area (Å²) in [6.07, 6.45) is -0.0593. The molecule has 0 aliphatic rings. The average Bonchev–Trinajstić information content (AvgIpc) is 2.26. The quantitative estimate of drug-likeness (QED) is 0.758. The van der Waals surface area contributed by atoms with Gasteiger partial charge in [0.1, 0.15) is 0 Å². The molecule has 0 saturated heterocycles. The Bertz CT molecular complexity index is 653. The lowest BCUT2D eigenvalue weighted by atomic mass is 10.3. The van der Waals surface area contributed by atoms with E-state index in [2.05, 4.69) is 4.72 Å². The molecular formula is C11H18N2O5S2. The first-order chi connectivity index (χ1) is 9.10. The van der Waals surface area contributed by atoms with Gasteiger partial charge in [-0.2, -0.15) is 0 Å². The van der Waals surface area contributed by atoms with Crippen molar-refractivity contribution in [2.75, 3.05) is 17.1 Å². The maximum Gasteiger partial charge on any atom is 0.238 e. The molecule has 1 rings (SSSR count). The molecule has 0 saturated carbocycles. The van der Waals surface area contributed by atoms with Crippen LogP contribution in [0.1, 0.15) is 13.8 Å². The van der Waals surface area contributed by atoms with Crippen molar-refractivity contribution in [1.82, 2.24) is 0 Å². The summed E-state index contributed by atoms with van der Waals surface area (Å²) >= 11 is 0. The molecule has 0 atom stereocenters. The number of hydrogen-bond donors (Lipinski definition) is 2. The molecule has 0 bridgehead atoms. The number of ether oxygens (including phenoxy) is 1. The fourth-order valence-electron chi connectivity index (χ4n) is 1.36. The van der Waals surface area contributed by atoms with E-state index in [0.717, 1.165) is 6.07 Å². The fraction of sp³-hybridized carbons (Fsp3) is 0.455. The lowest BCUT2D eigenvalue weighted by molar-refractivity contribution is 0.0913. The molecule has 3 N–H and O–H groups in total. The Balaban J connectivity index is 2.78. The Morgan fingerprint density at radius 2 is 1.90 bits per heavy atom. The summed E-state index contributed by atoms with van der Waals surface area (Å²) in [5, 5.41) is 4.98. The smallest absolute Gasteiger partial charge is 0.238 e. The van der Waals surface area contributed by atoms with Gasteiger partial charge in [-0.05, 0) is 32.0 Å². The highest BCUT2D eigenvalue weighted by Crippen LogP contribution is 2.15. The Morgan fingerprint density at radius 1 is 1.25 bits per heavy atom. The van der Waals surface area contributed by atoms with Crippen LogP contribution in [0.4, 0.5) is 5.69 Å². The van der Waals surface area contributed by atoms with E-state index in [4.69, 9.17) is 9.88 Å². The Kier molecular flexibility index (Phi) is 5.51. The lowest BCUT2D eigenvalue weighted by Gasteiger charge is -2.10. The van der Waals surface area contributed by atoms with Gasteiger partial charge in [0.2, 0.25) is 20.0 Å². The molecule has 7 nitrogen and oxygen atoms in total. The van der Waals surface area contributed by atoms with E-state index in [0.29, 0.717) is 0 Å².